The zero-order valence-electron chi connectivity index (χ0n) is 11.5. The van der Waals surface area contributed by atoms with E-state index in [1.54, 1.807) is 0 Å². The second kappa shape index (κ2) is 5.33. The third kappa shape index (κ3) is 2.50. The Hall–Kier alpha value is -2.35. The molecule has 0 saturated heterocycles. The molecular weight excluding hydrogens is 246 g/mol. The van der Waals surface area contributed by atoms with Gasteiger partial charge in [0.05, 0.1) is 6.04 Å². The van der Waals surface area contributed by atoms with Crippen LogP contribution in [0.4, 0.5) is 0 Å². The molecule has 2 aromatic rings. The van der Waals surface area contributed by atoms with E-state index in [0.29, 0.717) is 0 Å². The molecule has 1 N–H and O–H groups in total. The maximum absolute atomic E-state index is 12.0. The first-order valence-electron chi connectivity index (χ1n) is 6.86. The Labute approximate surface area is 119 Å². The first kappa shape index (κ1) is 12.7. The van der Waals surface area contributed by atoms with Crippen LogP contribution in [0, 0.1) is 6.92 Å². The van der Waals surface area contributed by atoms with E-state index in [0.717, 1.165) is 17.5 Å². The molecule has 0 spiro atoms. The van der Waals surface area contributed by atoms with Crippen LogP contribution in [0.25, 0.3) is 6.08 Å². The van der Waals surface area contributed by atoms with Crippen molar-refractivity contribution in [3.05, 3.63) is 76.9 Å². The molecule has 0 aliphatic carbocycles. The minimum atomic E-state index is 0.0197. The molecule has 1 atom stereocenters. The molecule has 0 aromatic heterocycles. The van der Waals surface area contributed by atoms with E-state index in [1.807, 2.05) is 36.4 Å². The first-order valence-corrected chi connectivity index (χ1v) is 6.86. The molecule has 1 amide bonds. The van der Waals surface area contributed by atoms with Gasteiger partial charge in [-0.1, -0.05) is 54.6 Å². The molecule has 0 fully saturated rings. The van der Waals surface area contributed by atoms with Gasteiger partial charge in [0.1, 0.15) is 0 Å². The standard InChI is InChI=1S/C18H17NO/c1-13-6-2-3-7-14(13)10-11-16-12-15-8-4-5-9-17(15)18(20)19-16/h2-11,16H,12H2,1H3,(H,19,20)/b11-10+/t16-/m0/s1. The van der Waals surface area contributed by atoms with Gasteiger partial charge in [0, 0.05) is 5.56 Å². The van der Waals surface area contributed by atoms with Crippen molar-refractivity contribution in [1.82, 2.24) is 5.32 Å². The summed E-state index contributed by atoms with van der Waals surface area (Å²) in [6, 6.07) is 16.1. The van der Waals surface area contributed by atoms with E-state index in [2.05, 4.69) is 36.5 Å². The fourth-order valence-corrected chi connectivity index (χ4v) is 2.56. The normalized spacial score (nSPS) is 17.9. The van der Waals surface area contributed by atoms with Crippen molar-refractivity contribution in [1.29, 1.82) is 0 Å². The average molecular weight is 263 g/mol. The van der Waals surface area contributed by atoms with Crippen LogP contribution in [0.3, 0.4) is 0 Å². The van der Waals surface area contributed by atoms with Gasteiger partial charge in [-0.2, -0.15) is 0 Å². The highest BCUT2D eigenvalue weighted by molar-refractivity contribution is 5.97. The summed E-state index contributed by atoms with van der Waals surface area (Å²) in [5, 5.41) is 3.04. The van der Waals surface area contributed by atoms with Gasteiger partial charge in [-0.15, -0.1) is 0 Å². The van der Waals surface area contributed by atoms with Crippen LogP contribution in [-0.4, -0.2) is 11.9 Å². The predicted molar refractivity (Wildman–Crippen MR) is 81.6 cm³/mol. The number of rotatable bonds is 2. The van der Waals surface area contributed by atoms with Crippen LogP contribution in [-0.2, 0) is 6.42 Å². The smallest absolute Gasteiger partial charge is 0.252 e. The van der Waals surface area contributed by atoms with Crippen molar-refractivity contribution < 1.29 is 4.79 Å². The number of benzene rings is 2. The van der Waals surface area contributed by atoms with Gasteiger partial charge in [-0.05, 0) is 36.1 Å². The summed E-state index contributed by atoms with van der Waals surface area (Å²) >= 11 is 0. The average Bonchev–Trinajstić information content (AvgIpc) is 2.46. The van der Waals surface area contributed by atoms with Crippen LogP contribution in [0.1, 0.15) is 27.0 Å². The highest BCUT2D eigenvalue weighted by Crippen LogP contribution is 2.18. The van der Waals surface area contributed by atoms with Crippen molar-refractivity contribution in [2.75, 3.05) is 0 Å². The Morgan fingerprint density at radius 3 is 2.70 bits per heavy atom. The van der Waals surface area contributed by atoms with Crippen LogP contribution in [0.15, 0.2) is 54.6 Å². The molecular formula is C18H17NO. The number of amides is 1. The van der Waals surface area contributed by atoms with Crippen molar-refractivity contribution in [2.24, 2.45) is 0 Å². The fourth-order valence-electron chi connectivity index (χ4n) is 2.56. The van der Waals surface area contributed by atoms with Crippen LogP contribution in [0.2, 0.25) is 0 Å². The third-order valence-electron chi connectivity index (χ3n) is 3.71. The Balaban J connectivity index is 1.81. The second-order valence-electron chi connectivity index (χ2n) is 5.16. The molecule has 3 rings (SSSR count). The predicted octanol–water partition coefficient (Wildman–Crippen LogP) is 3.36. The molecule has 0 bridgehead atoms. The van der Waals surface area contributed by atoms with Gasteiger partial charge in [-0.25, -0.2) is 0 Å². The fraction of sp³-hybridized carbons (Fsp3) is 0.167. The summed E-state index contributed by atoms with van der Waals surface area (Å²) < 4.78 is 0. The monoisotopic (exact) mass is 263 g/mol. The van der Waals surface area contributed by atoms with Crippen molar-refractivity contribution >= 4 is 12.0 Å². The Bertz CT molecular complexity index is 673. The Kier molecular flexibility index (Phi) is 3.38. The lowest BCUT2D eigenvalue weighted by molar-refractivity contribution is 0.0934. The SMILES string of the molecule is Cc1ccccc1/C=C/[C@H]1Cc2ccccc2C(=O)N1. The molecule has 1 aliphatic rings. The summed E-state index contributed by atoms with van der Waals surface area (Å²) in [4.78, 5) is 12.0. The number of fused-ring (bicyclic) bond motifs is 1. The summed E-state index contributed by atoms with van der Waals surface area (Å²) in [5.41, 5.74) is 4.36. The van der Waals surface area contributed by atoms with E-state index < -0.39 is 0 Å². The quantitative estimate of drug-likeness (QED) is 0.884. The first-order chi connectivity index (χ1) is 9.74. The molecule has 2 aromatic carbocycles. The molecule has 0 radical (unpaired) electrons. The number of hydrogen-bond acceptors (Lipinski definition) is 1. The highest BCUT2D eigenvalue weighted by Gasteiger charge is 2.21. The van der Waals surface area contributed by atoms with Crippen LogP contribution < -0.4 is 5.32 Å². The molecule has 1 aliphatic heterocycles. The molecule has 2 nitrogen and oxygen atoms in total. The lowest BCUT2D eigenvalue weighted by Crippen LogP contribution is -2.39. The summed E-state index contributed by atoms with van der Waals surface area (Å²) in [5.74, 6) is 0.0197. The molecule has 2 heteroatoms. The summed E-state index contributed by atoms with van der Waals surface area (Å²) in [6.45, 7) is 2.09. The number of carbonyl (C=O) groups excluding carboxylic acids is 1. The van der Waals surface area contributed by atoms with Crippen molar-refractivity contribution in [2.45, 2.75) is 19.4 Å². The lowest BCUT2D eigenvalue weighted by Gasteiger charge is -2.23. The van der Waals surface area contributed by atoms with Gasteiger partial charge in [0.15, 0.2) is 0 Å². The van der Waals surface area contributed by atoms with Gasteiger partial charge >= 0.3 is 0 Å². The third-order valence-corrected chi connectivity index (χ3v) is 3.71. The highest BCUT2D eigenvalue weighted by atomic mass is 16.1. The maximum atomic E-state index is 12.0. The van der Waals surface area contributed by atoms with Gasteiger partial charge in [-0.3, -0.25) is 4.79 Å². The summed E-state index contributed by atoms with van der Waals surface area (Å²) in [7, 11) is 0. The zero-order chi connectivity index (χ0) is 13.9. The lowest BCUT2D eigenvalue weighted by atomic mass is 9.94. The molecule has 1 heterocycles. The van der Waals surface area contributed by atoms with E-state index in [4.69, 9.17) is 0 Å². The molecule has 0 unspecified atom stereocenters. The number of nitrogens with one attached hydrogen (secondary N) is 1. The Morgan fingerprint density at radius 2 is 1.85 bits per heavy atom. The van der Waals surface area contributed by atoms with Crippen LogP contribution in [0.5, 0.6) is 0 Å². The minimum absolute atomic E-state index is 0.0197. The van der Waals surface area contributed by atoms with E-state index >= 15 is 0 Å². The molecule has 0 saturated carbocycles. The largest absolute Gasteiger partial charge is 0.345 e. The Morgan fingerprint density at radius 1 is 1.10 bits per heavy atom. The molecule has 20 heavy (non-hydrogen) atoms. The van der Waals surface area contributed by atoms with E-state index in [9.17, 15) is 4.79 Å². The molecule has 100 valence electrons. The van der Waals surface area contributed by atoms with Crippen LogP contribution >= 0.6 is 0 Å². The van der Waals surface area contributed by atoms with Gasteiger partial charge in [0.2, 0.25) is 0 Å². The number of hydrogen-bond donors (Lipinski definition) is 1. The van der Waals surface area contributed by atoms with E-state index in [1.165, 1.54) is 11.1 Å². The van der Waals surface area contributed by atoms with E-state index in [-0.39, 0.29) is 11.9 Å². The van der Waals surface area contributed by atoms with Crippen molar-refractivity contribution in [3.63, 3.8) is 0 Å². The minimum Gasteiger partial charge on any atom is -0.345 e. The van der Waals surface area contributed by atoms with Crippen molar-refractivity contribution in [3.8, 4) is 0 Å². The topological polar surface area (TPSA) is 29.1 Å². The second-order valence-corrected chi connectivity index (χ2v) is 5.16. The number of carbonyl (C=O) groups is 1. The zero-order valence-corrected chi connectivity index (χ0v) is 11.5. The number of aryl methyl sites for hydroxylation is 1. The van der Waals surface area contributed by atoms with Gasteiger partial charge in [0.25, 0.3) is 5.91 Å². The maximum Gasteiger partial charge on any atom is 0.252 e. The van der Waals surface area contributed by atoms with Gasteiger partial charge < -0.3 is 5.32 Å². The summed E-state index contributed by atoms with van der Waals surface area (Å²) in [6.07, 6.45) is 5.02.